The third-order valence-corrected chi connectivity index (χ3v) is 5.12. The minimum Gasteiger partial charge on any atom is -0.495 e. The van der Waals surface area contributed by atoms with Crippen molar-refractivity contribution in [2.75, 3.05) is 25.6 Å². The molecular weight excluding hydrogens is 493 g/mol. The van der Waals surface area contributed by atoms with Crippen molar-refractivity contribution in [1.29, 1.82) is 0 Å². The standard InChI is InChI=1S/C22H20BrF3N2O4/c1-4-31-19-10-16-13(9-15(19)23)20(14(11-27-16)21(29)32-5-2)28-17-8-12(22(24,25)26)6-7-18(17)30-3/h6-11H,4-5H2,1-3H3,(H,27,28). The third kappa shape index (κ3) is 4.90. The predicted octanol–water partition coefficient (Wildman–Crippen LogP) is 6.34. The number of hydrogen-bond acceptors (Lipinski definition) is 6. The summed E-state index contributed by atoms with van der Waals surface area (Å²) in [7, 11) is 1.34. The number of carbonyl (C=O) groups is 1. The first kappa shape index (κ1) is 23.6. The van der Waals surface area contributed by atoms with E-state index >= 15 is 0 Å². The highest BCUT2D eigenvalue weighted by Gasteiger charge is 2.31. The molecule has 0 amide bonds. The van der Waals surface area contributed by atoms with Gasteiger partial charge in [0.1, 0.15) is 17.1 Å². The van der Waals surface area contributed by atoms with Gasteiger partial charge in [-0.05, 0) is 54.0 Å². The van der Waals surface area contributed by atoms with E-state index in [-0.39, 0.29) is 29.3 Å². The molecule has 0 fully saturated rings. The molecule has 10 heteroatoms. The number of ether oxygens (including phenoxy) is 3. The second kappa shape index (κ2) is 9.64. The van der Waals surface area contributed by atoms with Crippen LogP contribution in [0.25, 0.3) is 10.9 Å². The van der Waals surface area contributed by atoms with Gasteiger partial charge in [-0.1, -0.05) is 0 Å². The lowest BCUT2D eigenvalue weighted by Gasteiger charge is -2.18. The second-order valence-electron chi connectivity index (χ2n) is 6.54. The molecular formula is C22H20BrF3N2O4. The van der Waals surface area contributed by atoms with Gasteiger partial charge >= 0.3 is 12.1 Å². The molecule has 1 N–H and O–H groups in total. The number of esters is 1. The van der Waals surface area contributed by atoms with Crippen LogP contribution in [0.1, 0.15) is 29.8 Å². The summed E-state index contributed by atoms with van der Waals surface area (Å²) in [6.07, 6.45) is -3.24. The van der Waals surface area contributed by atoms with Crippen LogP contribution in [0.5, 0.6) is 11.5 Å². The molecule has 0 unspecified atom stereocenters. The van der Waals surface area contributed by atoms with Crippen molar-refractivity contribution in [2.45, 2.75) is 20.0 Å². The van der Waals surface area contributed by atoms with Crippen molar-refractivity contribution in [2.24, 2.45) is 0 Å². The lowest BCUT2D eigenvalue weighted by Crippen LogP contribution is -2.11. The molecule has 3 rings (SSSR count). The molecule has 0 aliphatic heterocycles. The maximum absolute atomic E-state index is 13.3. The maximum Gasteiger partial charge on any atom is 0.416 e. The number of halogens is 4. The zero-order valence-electron chi connectivity index (χ0n) is 17.5. The summed E-state index contributed by atoms with van der Waals surface area (Å²) in [5.41, 5.74) is -0.0649. The number of carbonyl (C=O) groups excluding carboxylic acids is 1. The number of alkyl halides is 3. The van der Waals surface area contributed by atoms with Gasteiger partial charge < -0.3 is 19.5 Å². The number of nitrogens with one attached hydrogen (secondary N) is 1. The first-order valence-corrected chi connectivity index (χ1v) is 10.4. The van der Waals surface area contributed by atoms with E-state index in [1.807, 2.05) is 6.92 Å². The molecule has 1 heterocycles. The van der Waals surface area contributed by atoms with E-state index in [9.17, 15) is 18.0 Å². The predicted molar refractivity (Wildman–Crippen MR) is 118 cm³/mol. The van der Waals surface area contributed by atoms with Gasteiger partial charge in [-0.15, -0.1) is 0 Å². The molecule has 0 bridgehead atoms. The highest BCUT2D eigenvalue weighted by Crippen LogP contribution is 2.40. The van der Waals surface area contributed by atoms with E-state index < -0.39 is 17.7 Å². The SMILES string of the molecule is CCOC(=O)c1cnc2cc(OCC)c(Br)cc2c1Nc1cc(C(F)(F)F)ccc1OC. The lowest BCUT2D eigenvalue weighted by molar-refractivity contribution is -0.137. The molecule has 32 heavy (non-hydrogen) atoms. The molecule has 6 nitrogen and oxygen atoms in total. The smallest absolute Gasteiger partial charge is 0.416 e. The van der Waals surface area contributed by atoms with Crippen molar-refractivity contribution in [1.82, 2.24) is 4.98 Å². The van der Waals surface area contributed by atoms with E-state index in [1.54, 1.807) is 19.1 Å². The van der Waals surface area contributed by atoms with Gasteiger partial charge in [0.2, 0.25) is 0 Å². The fourth-order valence-electron chi connectivity index (χ4n) is 3.07. The molecule has 2 aromatic carbocycles. The number of fused-ring (bicyclic) bond motifs is 1. The first-order chi connectivity index (χ1) is 15.2. The average molecular weight is 513 g/mol. The number of nitrogens with zero attached hydrogens (tertiary/aromatic N) is 1. The van der Waals surface area contributed by atoms with Crippen molar-refractivity contribution in [3.05, 3.63) is 52.1 Å². The van der Waals surface area contributed by atoms with Crippen LogP contribution < -0.4 is 14.8 Å². The van der Waals surface area contributed by atoms with E-state index in [2.05, 4.69) is 26.2 Å². The van der Waals surface area contributed by atoms with Gasteiger partial charge in [-0.2, -0.15) is 13.2 Å². The average Bonchev–Trinajstić information content (AvgIpc) is 2.74. The van der Waals surface area contributed by atoms with E-state index in [1.165, 1.54) is 19.4 Å². The van der Waals surface area contributed by atoms with E-state index in [0.29, 0.717) is 27.7 Å². The Morgan fingerprint density at radius 3 is 2.50 bits per heavy atom. The molecule has 0 spiro atoms. The van der Waals surface area contributed by atoms with Gasteiger partial charge in [-0.25, -0.2) is 4.79 Å². The Bertz CT molecular complexity index is 1150. The summed E-state index contributed by atoms with van der Waals surface area (Å²) < 4.78 is 56.4. The van der Waals surface area contributed by atoms with Crippen molar-refractivity contribution in [3.63, 3.8) is 0 Å². The maximum atomic E-state index is 13.3. The van der Waals surface area contributed by atoms with Crippen LogP contribution in [0, 0.1) is 0 Å². The normalized spacial score (nSPS) is 11.3. The molecule has 0 radical (unpaired) electrons. The summed E-state index contributed by atoms with van der Waals surface area (Å²) in [6.45, 7) is 4.04. The zero-order valence-corrected chi connectivity index (χ0v) is 19.1. The zero-order chi connectivity index (χ0) is 23.5. The van der Waals surface area contributed by atoms with Crippen LogP contribution in [0.15, 0.2) is 41.0 Å². The van der Waals surface area contributed by atoms with Crippen molar-refractivity contribution < 1.29 is 32.2 Å². The Morgan fingerprint density at radius 2 is 1.88 bits per heavy atom. The number of pyridine rings is 1. The van der Waals surface area contributed by atoms with Gasteiger partial charge in [0, 0.05) is 17.6 Å². The summed E-state index contributed by atoms with van der Waals surface area (Å²) in [5, 5.41) is 3.42. The Labute approximate surface area is 190 Å². The first-order valence-electron chi connectivity index (χ1n) is 9.64. The summed E-state index contributed by atoms with van der Waals surface area (Å²) in [6, 6.07) is 6.40. The highest BCUT2D eigenvalue weighted by molar-refractivity contribution is 9.10. The Balaban J connectivity index is 2.24. The minimum atomic E-state index is -4.55. The van der Waals surface area contributed by atoms with E-state index in [0.717, 1.165) is 12.1 Å². The number of aromatic nitrogens is 1. The summed E-state index contributed by atoms with van der Waals surface area (Å²) in [4.78, 5) is 16.9. The van der Waals surface area contributed by atoms with Gasteiger partial charge in [0.05, 0.1) is 47.3 Å². The molecule has 3 aromatic rings. The molecule has 0 saturated heterocycles. The largest absolute Gasteiger partial charge is 0.495 e. The number of rotatable bonds is 7. The summed E-state index contributed by atoms with van der Waals surface area (Å²) in [5.74, 6) is 0.0436. The molecule has 170 valence electrons. The van der Waals surface area contributed by atoms with Crippen LogP contribution >= 0.6 is 15.9 Å². The third-order valence-electron chi connectivity index (χ3n) is 4.50. The van der Waals surface area contributed by atoms with Crippen LogP contribution in [0.4, 0.5) is 24.5 Å². The fourth-order valence-corrected chi connectivity index (χ4v) is 3.53. The summed E-state index contributed by atoms with van der Waals surface area (Å²) >= 11 is 3.43. The molecule has 1 aromatic heterocycles. The molecule has 0 aliphatic carbocycles. The molecule has 0 aliphatic rings. The molecule has 0 atom stereocenters. The topological polar surface area (TPSA) is 69.7 Å². The van der Waals surface area contributed by atoms with E-state index in [4.69, 9.17) is 14.2 Å². The number of hydrogen-bond donors (Lipinski definition) is 1. The van der Waals surface area contributed by atoms with Gasteiger partial charge in [0.15, 0.2) is 0 Å². The van der Waals surface area contributed by atoms with Gasteiger partial charge in [-0.3, -0.25) is 4.98 Å². The Kier molecular flexibility index (Phi) is 7.12. The Hall–Kier alpha value is -3.01. The van der Waals surface area contributed by atoms with Crippen molar-refractivity contribution >= 4 is 44.2 Å². The Morgan fingerprint density at radius 1 is 1.12 bits per heavy atom. The van der Waals surface area contributed by atoms with Crippen LogP contribution in [0.3, 0.4) is 0 Å². The van der Waals surface area contributed by atoms with Gasteiger partial charge in [0.25, 0.3) is 0 Å². The fraction of sp³-hybridized carbons (Fsp3) is 0.273. The lowest BCUT2D eigenvalue weighted by atomic mass is 10.1. The van der Waals surface area contributed by atoms with Crippen LogP contribution in [-0.4, -0.2) is 31.3 Å². The van der Waals surface area contributed by atoms with Crippen LogP contribution in [-0.2, 0) is 10.9 Å². The number of methoxy groups -OCH3 is 1. The number of benzene rings is 2. The van der Waals surface area contributed by atoms with Crippen LogP contribution in [0.2, 0.25) is 0 Å². The quantitative estimate of drug-likeness (QED) is 0.372. The second-order valence-corrected chi connectivity index (χ2v) is 7.39. The molecule has 0 saturated carbocycles. The van der Waals surface area contributed by atoms with Crippen molar-refractivity contribution in [3.8, 4) is 11.5 Å². The monoisotopic (exact) mass is 512 g/mol. The number of anilines is 2. The highest BCUT2D eigenvalue weighted by atomic mass is 79.9. The minimum absolute atomic E-state index is 0.0328.